The van der Waals surface area contributed by atoms with Crippen LogP contribution in [0.2, 0.25) is 0 Å². The van der Waals surface area contributed by atoms with Crippen molar-refractivity contribution in [1.29, 1.82) is 0 Å². The second kappa shape index (κ2) is 24.6. The maximum atomic E-state index is 12.9. The van der Waals surface area contributed by atoms with E-state index in [9.17, 15) is 56.6 Å². The highest BCUT2D eigenvalue weighted by Gasteiger charge is 2.47. The minimum absolute atomic E-state index is 0.0582. The molecule has 384 valence electrons. The van der Waals surface area contributed by atoms with Crippen LogP contribution in [-0.4, -0.2) is 135 Å². The lowest BCUT2D eigenvalue weighted by Crippen LogP contribution is -2.54. The van der Waals surface area contributed by atoms with E-state index in [1.807, 2.05) is 0 Å². The topological polar surface area (TPSA) is 528 Å². The van der Waals surface area contributed by atoms with Crippen LogP contribution in [0.1, 0.15) is 24.6 Å². The van der Waals surface area contributed by atoms with Crippen molar-refractivity contribution in [2.24, 2.45) is 17.2 Å². The highest BCUT2D eigenvalue weighted by Crippen LogP contribution is 2.67. The molecule has 1 aromatic heterocycles. The number of urea groups is 1. The summed E-state index contributed by atoms with van der Waals surface area (Å²) in [5.41, 5.74) is 21.9. The van der Waals surface area contributed by atoms with Crippen LogP contribution >= 0.6 is 68.5 Å². The van der Waals surface area contributed by atoms with Gasteiger partial charge < -0.3 is 86.3 Å². The van der Waals surface area contributed by atoms with Gasteiger partial charge >= 0.3 is 58.7 Å². The summed E-state index contributed by atoms with van der Waals surface area (Å²) in [5.74, 6) is 9.67. The Morgan fingerprint density at radius 2 is 1.21 bits per heavy atom. The average molecular weight is 1130 g/mol. The fourth-order valence-electron chi connectivity index (χ4n) is 5.61. The Morgan fingerprint density at radius 3 is 1.69 bits per heavy atom. The molecule has 2 amide bonds. The number of aromatic nitrogens is 2. The number of phosphoric acid groups is 6. The molecule has 0 aliphatic carbocycles. The van der Waals surface area contributed by atoms with Crippen molar-refractivity contribution in [2.75, 3.05) is 43.9 Å². The van der Waals surface area contributed by atoms with Crippen LogP contribution in [-0.2, 0) is 72.6 Å². The van der Waals surface area contributed by atoms with E-state index in [2.05, 4.69) is 51.2 Å². The minimum atomic E-state index is -5.89. The summed E-state index contributed by atoms with van der Waals surface area (Å²) in [6.45, 7) is -2.09. The van der Waals surface area contributed by atoms with Crippen LogP contribution in [0.3, 0.4) is 0 Å². The van der Waals surface area contributed by atoms with Crippen molar-refractivity contribution >= 4 is 80.4 Å². The molecule has 4 heterocycles. The van der Waals surface area contributed by atoms with Crippen molar-refractivity contribution in [3.8, 4) is 23.7 Å². The van der Waals surface area contributed by atoms with Crippen molar-refractivity contribution in [1.82, 2.24) is 19.8 Å². The summed E-state index contributed by atoms with van der Waals surface area (Å²) in [4.78, 5) is 105. The fraction of sp³-hybridized carbons (Fsp3) is 0.577. The summed E-state index contributed by atoms with van der Waals surface area (Å²) in [6.07, 6.45) is -6.46. The molecular weight excluding hydrogens is 1090 g/mol. The van der Waals surface area contributed by atoms with Gasteiger partial charge in [0.1, 0.15) is 48.5 Å². The van der Waals surface area contributed by atoms with Gasteiger partial charge in [0.2, 0.25) is 0 Å². The molecule has 7 unspecified atom stereocenters. The summed E-state index contributed by atoms with van der Waals surface area (Å²) in [7, 11) is -32.6. The normalized spacial score (nSPS) is 26.8. The lowest BCUT2D eigenvalue weighted by atomic mass is 10.1. The van der Waals surface area contributed by atoms with E-state index in [-0.39, 0.29) is 54.8 Å². The van der Waals surface area contributed by atoms with Gasteiger partial charge in [0.25, 0.3) is 0 Å². The summed E-state index contributed by atoms with van der Waals surface area (Å²) < 4.78 is 120. The Bertz CT molecular complexity index is 2510. The Balaban J connectivity index is 1.45. The van der Waals surface area contributed by atoms with Crippen molar-refractivity contribution in [3.63, 3.8) is 0 Å². The largest absolute Gasteiger partial charge is 0.490 e. The molecule has 68 heavy (non-hydrogen) atoms. The van der Waals surface area contributed by atoms with Gasteiger partial charge in [-0.05, 0) is 0 Å². The third-order valence-corrected chi connectivity index (χ3v) is 17.4. The average Bonchev–Trinajstić information content (AvgIpc) is 3.77. The minimum Gasteiger partial charge on any atom is -0.382 e. The molecule has 0 spiro atoms. The third kappa shape index (κ3) is 19.2. The summed E-state index contributed by atoms with van der Waals surface area (Å²) in [5, 5.41) is 2.45. The number of nitrogens with zero attached hydrogens (tertiary/aromatic N) is 3. The van der Waals surface area contributed by atoms with Gasteiger partial charge in [-0.2, -0.15) is 22.2 Å². The van der Waals surface area contributed by atoms with E-state index >= 15 is 0 Å². The molecule has 17 N–H and O–H groups in total. The number of hydrogen-bond acceptors (Lipinski definition) is 25. The number of carbonyl (C=O) groups excluding carboxylic acids is 1. The SMILES string of the molecule is NCC#CC1=CN([C@H]2CC(OCSSCOC3C[C@H](n4cc(C#CCN)c(N)nc4=O)O[C@@H]3COP(=O)(O)OP(=O)(O)OP(=O)(O)O)[C@@H](COP(=O)(O)OP(=O)(O)OP(=O)(O)O)O2)C(=O)NC1N. The standard InChI is InChI=1S/C26H42N8O26P6S2/c27-5-1-3-15-9-33(25(35)31-23(15)29)21-7-17(19(55-21)11-53-63(43,44)59-65(47,48)57-61(37,38)39)51-13-67-68-14-52-18-8-22(34-10-16(4-2-6-28)24(30)32-26(34)36)56-20(18)12-54-64(45,46)60-66(49,50)58-62(40,41)42/h9-10,17-23H,5-8,11-14,27-29H2,(H,31,35)(H,43,44)(H,45,46)(H,47,48)(H,49,50)(H2,30,32,36)(H2,37,38,39)(H2,40,41,42)/t17?,18?,19-,20-,21-,22-,23?/m1/s1. The number of carbonyl (C=O) groups is 1. The smallest absolute Gasteiger partial charge is 0.382 e. The van der Waals surface area contributed by atoms with E-state index < -0.39 is 115 Å². The maximum Gasteiger partial charge on any atom is 0.490 e. The Labute approximate surface area is 390 Å². The van der Waals surface area contributed by atoms with E-state index in [0.717, 1.165) is 31.1 Å². The first kappa shape index (κ1) is 58.6. The molecule has 0 radical (unpaired) electrons. The van der Waals surface area contributed by atoms with Gasteiger partial charge in [-0.1, -0.05) is 45.3 Å². The number of hydrogen-bond donors (Lipinski definition) is 13. The first-order valence-electron chi connectivity index (χ1n) is 18.1. The number of amides is 2. The Kier molecular flexibility index (Phi) is 21.2. The molecule has 42 heteroatoms. The number of rotatable bonds is 23. The quantitative estimate of drug-likeness (QED) is 0.0194. The molecule has 11 atom stereocenters. The number of ether oxygens (including phenoxy) is 4. The molecule has 3 aliphatic rings. The summed E-state index contributed by atoms with van der Waals surface area (Å²) >= 11 is 0. The van der Waals surface area contributed by atoms with Gasteiger partial charge in [-0.25, -0.2) is 37.0 Å². The molecule has 2 fully saturated rings. The van der Waals surface area contributed by atoms with Gasteiger partial charge in [0.15, 0.2) is 0 Å². The zero-order valence-corrected chi connectivity index (χ0v) is 40.9. The van der Waals surface area contributed by atoms with Gasteiger partial charge in [0.05, 0.1) is 49.6 Å². The van der Waals surface area contributed by atoms with E-state index in [0.29, 0.717) is 0 Å². The number of anilines is 1. The predicted octanol–water partition coefficient (Wildman–Crippen LogP) is -1.55. The number of nitrogens with two attached hydrogens (primary N) is 4. The number of nitrogen functional groups attached to an aromatic ring is 1. The lowest BCUT2D eigenvalue weighted by molar-refractivity contribution is -0.0609. The molecule has 0 aromatic carbocycles. The summed E-state index contributed by atoms with van der Waals surface area (Å²) in [6, 6.07) is -0.771. The van der Waals surface area contributed by atoms with Crippen LogP contribution in [0.15, 0.2) is 22.8 Å². The first-order valence-corrected chi connectivity index (χ1v) is 29.6. The van der Waals surface area contributed by atoms with Crippen LogP contribution in [0, 0.1) is 23.7 Å². The van der Waals surface area contributed by atoms with Crippen molar-refractivity contribution in [2.45, 2.75) is 55.9 Å². The highest BCUT2D eigenvalue weighted by molar-refractivity contribution is 8.76. The van der Waals surface area contributed by atoms with Crippen LogP contribution < -0.4 is 33.9 Å². The van der Waals surface area contributed by atoms with Crippen LogP contribution in [0.5, 0.6) is 0 Å². The third-order valence-electron chi connectivity index (χ3n) is 8.13. The van der Waals surface area contributed by atoms with Gasteiger partial charge in [-0.15, -0.1) is 0 Å². The molecule has 34 nitrogen and oxygen atoms in total. The first-order chi connectivity index (χ1) is 31.4. The van der Waals surface area contributed by atoms with E-state index in [1.165, 1.54) is 12.4 Å². The van der Waals surface area contributed by atoms with E-state index in [4.69, 9.17) is 70.5 Å². The molecular formula is C26H42N8O26P6S2. The van der Waals surface area contributed by atoms with Crippen molar-refractivity contribution in [3.05, 3.63) is 34.0 Å². The monoisotopic (exact) mass is 1130 g/mol. The number of nitrogens with one attached hydrogen (secondary N) is 1. The van der Waals surface area contributed by atoms with E-state index in [1.54, 1.807) is 0 Å². The van der Waals surface area contributed by atoms with Crippen molar-refractivity contribution < 1.29 is 117 Å². The fourth-order valence-corrected chi connectivity index (χ4v) is 13.0. The molecule has 1 aromatic rings. The van der Waals surface area contributed by atoms with Crippen LogP contribution in [0.25, 0.3) is 0 Å². The molecule has 4 rings (SSSR count). The molecule has 0 saturated carbocycles. The molecule has 0 bridgehead atoms. The zero-order valence-electron chi connectivity index (χ0n) is 33.9. The van der Waals surface area contributed by atoms with Gasteiger partial charge in [0, 0.05) is 25.2 Å². The lowest BCUT2D eigenvalue weighted by Gasteiger charge is -2.32. The maximum absolute atomic E-state index is 12.9. The highest BCUT2D eigenvalue weighted by atomic mass is 33.1. The second-order valence-electron chi connectivity index (χ2n) is 13.0. The second-order valence-corrected chi connectivity index (χ2v) is 24.2. The Hall–Kier alpha value is -1.95. The zero-order chi connectivity index (χ0) is 50.9. The Morgan fingerprint density at radius 1 is 0.735 bits per heavy atom. The number of phosphoric ester groups is 2. The molecule has 3 aliphatic heterocycles. The van der Waals surface area contributed by atoms with Gasteiger partial charge in [-0.3, -0.25) is 18.5 Å². The molecule has 2 saturated heterocycles. The predicted molar refractivity (Wildman–Crippen MR) is 228 cm³/mol. The van der Waals surface area contributed by atoms with Crippen LogP contribution in [0.4, 0.5) is 10.6 Å².